The van der Waals surface area contributed by atoms with Crippen molar-refractivity contribution in [2.45, 2.75) is 20.4 Å². The Bertz CT molecular complexity index is 625. The number of hydrogen-bond acceptors (Lipinski definition) is 2. The van der Waals surface area contributed by atoms with E-state index < -0.39 is 0 Å². The molecule has 3 nitrogen and oxygen atoms in total. The molecule has 0 bridgehead atoms. The second kappa shape index (κ2) is 7.97. The fourth-order valence-corrected chi connectivity index (χ4v) is 2.44. The van der Waals surface area contributed by atoms with Gasteiger partial charge in [-0.05, 0) is 49.2 Å². The molecule has 116 valence electrons. The standard InChI is InChI=1S/C18H21ClN2O/c1-3-21(17-6-4-5-14(2)11-17)18(22)13-20-12-15-7-9-16(19)10-8-15/h4-11,20H,3,12-13H2,1-2H3. The van der Waals surface area contributed by atoms with Gasteiger partial charge in [-0.2, -0.15) is 0 Å². The number of aryl methyl sites for hydroxylation is 1. The highest BCUT2D eigenvalue weighted by Crippen LogP contribution is 2.15. The zero-order valence-corrected chi connectivity index (χ0v) is 13.7. The lowest BCUT2D eigenvalue weighted by Crippen LogP contribution is -2.38. The highest BCUT2D eigenvalue weighted by molar-refractivity contribution is 6.30. The van der Waals surface area contributed by atoms with Gasteiger partial charge in [0.05, 0.1) is 6.54 Å². The van der Waals surface area contributed by atoms with Crippen molar-refractivity contribution in [3.05, 3.63) is 64.7 Å². The molecule has 0 atom stereocenters. The smallest absolute Gasteiger partial charge is 0.240 e. The Morgan fingerprint density at radius 2 is 1.91 bits per heavy atom. The van der Waals surface area contributed by atoms with Crippen LogP contribution in [0, 0.1) is 6.92 Å². The van der Waals surface area contributed by atoms with E-state index in [0.717, 1.165) is 21.8 Å². The van der Waals surface area contributed by atoms with E-state index in [-0.39, 0.29) is 5.91 Å². The molecule has 2 aromatic carbocycles. The number of anilines is 1. The molecule has 0 unspecified atom stereocenters. The molecular weight excluding hydrogens is 296 g/mol. The quantitative estimate of drug-likeness (QED) is 0.879. The number of hydrogen-bond donors (Lipinski definition) is 1. The van der Waals surface area contributed by atoms with Crippen molar-refractivity contribution in [2.75, 3.05) is 18.0 Å². The summed E-state index contributed by atoms with van der Waals surface area (Å²) >= 11 is 5.86. The van der Waals surface area contributed by atoms with E-state index in [9.17, 15) is 4.79 Å². The second-order valence-electron chi connectivity index (χ2n) is 5.21. The number of likely N-dealkylation sites (N-methyl/N-ethyl adjacent to an activating group) is 1. The van der Waals surface area contributed by atoms with E-state index in [1.165, 1.54) is 0 Å². The summed E-state index contributed by atoms with van der Waals surface area (Å²) in [7, 11) is 0. The van der Waals surface area contributed by atoms with Crippen LogP contribution in [0.3, 0.4) is 0 Å². The van der Waals surface area contributed by atoms with Crippen molar-refractivity contribution in [2.24, 2.45) is 0 Å². The molecule has 0 radical (unpaired) electrons. The van der Waals surface area contributed by atoms with Gasteiger partial charge in [-0.25, -0.2) is 0 Å². The van der Waals surface area contributed by atoms with Crippen molar-refractivity contribution in [1.29, 1.82) is 0 Å². The summed E-state index contributed by atoms with van der Waals surface area (Å²) in [5.74, 6) is 0.0714. The van der Waals surface area contributed by atoms with Crippen LogP contribution in [0.5, 0.6) is 0 Å². The monoisotopic (exact) mass is 316 g/mol. The van der Waals surface area contributed by atoms with Crippen molar-refractivity contribution in [3.63, 3.8) is 0 Å². The first-order chi connectivity index (χ1) is 10.6. The van der Waals surface area contributed by atoms with Crippen LogP contribution in [-0.2, 0) is 11.3 Å². The van der Waals surface area contributed by atoms with Gasteiger partial charge in [-0.15, -0.1) is 0 Å². The van der Waals surface area contributed by atoms with E-state index in [1.807, 2.05) is 62.4 Å². The Hall–Kier alpha value is -1.84. The molecule has 1 amide bonds. The van der Waals surface area contributed by atoms with Gasteiger partial charge in [0.1, 0.15) is 0 Å². The molecule has 0 heterocycles. The topological polar surface area (TPSA) is 32.3 Å². The molecule has 2 aromatic rings. The van der Waals surface area contributed by atoms with Gasteiger partial charge in [0.2, 0.25) is 5.91 Å². The van der Waals surface area contributed by atoms with Crippen LogP contribution in [0.25, 0.3) is 0 Å². The third-order valence-corrected chi connectivity index (χ3v) is 3.70. The lowest BCUT2D eigenvalue weighted by atomic mass is 10.2. The molecule has 0 saturated carbocycles. The third kappa shape index (κ3) is 4.58. The van der Waals surface area contributed by atoms with E-state index in [2.05, 4.69) is 5.32 Å². The van der Waals surface area contributed by atoms with E-state index in [1.54, 1.807) is 4.90 Å². The Morgan fingerprint density at radius 1 is 1.18 bits per heavy atom. The Morgan fingerprint density at radius 3 is 2.55 bits per heavy atom. The second-order valence-corrected chi connectivity index (χ2v) is 5.64. The largest absolute Gasteiger partial charge is 0.312 e. The molecule has 0 aliphatic carbocycles. The summed E-state index contributed by atoms with van der Waals surface area (Å²) in [4.78, 5) is 14.2. The van der Waals surface area contributed by atoms with Crippen LogP contribution in [-0.4, -0.2) is 19.0 Å². The molecule has 0 aliphatic rings. The highest BCUT2D eigenvalue weighted by atomic mass is 35.5. The van der Waals surface area contributed by atoms with Crippen LogP contribution in [0.4, 0.5) is 5.69 Å². The van der Waals surface area contributed by atoms with Crippen molar-refractivity contribution in [1.82, 2.24) is 5.32 Å². The fraction of sp³-hybridized carbons (Fsp3) is 0.278. The number of nitrogens with one attached hydrogen (secondary N) is 1. The molecule has 4 heteroatoms. The molecule has 0 saturated heterocycles. The summed E-state index contributed by atoms with van der Waals surface area (Å²) in [5.41, 5.74) is 3.20. The lowest BCUT2D eigenvalue weighted by molar-refractivity contribution is -0.117. The zero-order chi connectivity index (χ0) is 15.9. The molecular formula is C18H21ClN2O. The number of carbonyl (C=O) groups is 1. The first kappa shape index (κ1) is 16.5. The number of amides is 1. The molecule has 0 aliphatic heterocycles. The van der Waals surface area contributed by atoms with E-state index >= 15 is 0 Å². The Labute approximate surface area is 136 Å². The van der Waals surface area contributed by atoms with Gasteiger partial charge >= 0.3 is 0 Å². The van der Waals surface area contributed by atoms with Crippen molar-refractivity contribution in [3.8, 4) is 0 Å². The van der Waals surface area contributed by atoms with Gasteiger partial charge in [0, 0.05) is 23.8 Å². The van der Waals surface area contributed by atoms with Crippen LogP contribution in [0.2, 0.25) is 5.02 Å². The predicted octanol–water partition coefficient (Wildman–Crippen LogP) is 3.79. The van der Waals surface area contributed by atoms with E-state index in [0.29, 0.717) is 19.6 Å². The summed E-state index contributed by atoms with van der Waals surface area (Å²) in [6, 6.07) is 15.6. The van der Waals surface area contributed by atoms with E-state index in [4.69, 9.17) is 11.6 Å². The maximum Gasteiger partial charge on any atom is 0.240 e. The number of rotatable bonds is 6. The summed E-state index contributed by atoms with van der Waals surface area (Å²) in [6.45, 7) is 5.63. The van der Waals surface area contributed by atoms with Crippen LogP contribution < -0.4 is 10.2 Å². The molecule has 0 fully saturated rings. The minimum absolute atomic E-state index is 0.0714. The zero-order valence-electron chi connectivity index (χ0n) is 13.0. The van der Waals surface area contributed by atoms with Crippen LogP contribution in [0.1, 0.15) is 18.1 Å². The van der Waals surface area contributed by atoms with Gasteiger partial charge in [0.15, 0.2) is 0 Å². The minimum Gasteiger partial charge on any atom is -0.312 e. The average molecular weight is 317 g/mol. The van der Waals surface area contributed by atoms with Crippen molar-refractivity contribution < 1.29 is 4.79 Å². The molecule has 1 N–H and O–H groups in total. The lowest BCUT2D eigenvalue weighted by Gasteiger charge is -2.21. The minimum atomic E-state index is 0.0714. The van der Waals surface area contributed by atoms with Crippen LogP contribution >= 0.6 is 11.6 Å². The van der Waals surface area contributed by atoms with Crippen LogP contribution in [0.15, 0.2) is 48.5 Å². The first-order valence-corrected chi connectivity index (χ1v) is 7.80. The highest BCUT2D eigenvalue weighted by Gasteiger charge is 2.13. The summed E-state index contributed by atoms with van der Waals surface area (Å²) < 4.78 is 0. The Balaban J connectivity index is 1.91. The Kier molecular flexibility index (Phi) is 5.99. The number of carbonyl (C=O) groups excluding carboxylic acids is 1. The van der Waals surface area contributed by atoms with Gasteiger partial charge < -0.3 is 10.2 Å². The van der Waals surface area contributed by atoms with Gasteiger partial charge in [-0.1, -0.05) is 35.9 Å². The predicted molar refractivity (Wildman–Crippen MR) is 92.4 cm³/mol. The SMILES string of the molecule is CCN(C(=O)CNCc1ccc(Cl)cc1)c1cccc(C)c1. The average Bonchev–Trinajstić information content (AvgIpc) is 2.50. The molecule has 0 spiro atoms. The third-order valence-electron chi connectivity index (χ3n) is 3.45. The van der Waals surface area contributed by atoms with Gasteiger partial charge in [0.25, 0.3) is 0 Å². The van der Waals surface area contributed by atoms with Gasteiger partial charge in [-0.3, -0.25) is 4.79 Å². The molecule has 2 rings (SSSR count). The maximum absolute atomic E-state index is 12.4. The first-order valence-electron chi connectivity index (χ1n) is 7.42. The summed E-state index contributed by atoms with van der Waals surface area (Å²) in [6.07, 6.45) is 0. The molecule has 0 aromatic heterocycles. The number of benzene rings is 2. The normalized spacial score (nSPS) is 10.5. The van der Waals surface area contributed by atoms with Crippen molar-refractivity contribution >= 4 is 23.2 Å². The number of nitrogens with zero attached hydrogens (tertiary/aromatic N) is 1. The maximum atomic E-state index is 12.4. The summed E-state index contributed by atoms with van der Waals surface area (Å²) in [5, 5.41) is 3.90. The number of halogens is 1. The molecule has 22 heavy (non-hydrogen) atoms. The fourth-order valence-electron chi connectivity index (χ4n) is 2.31.